The fraction of sp³-hybridized carbons (Fsp3) is 0.360. The SMILES string of the molecule is CN(C)CCCN1CCN(c2cnc(-c3ccc(Cl)cc3)c(-c3ccc(Cl)cc3)n2)CC1. The van der Waals surface area contributed by atoms with Crippen LogP contribution in [0.15, 0.2) is 54.7 Å². The van der Waals surface area contributed by atoms with Crippen molar-refractivity contribution in [3.05, 3.63) is 64.8 Å². The minimum atomic E-state index is 0.704. The zero-order chi connectivity index (χ0) is 22.5. The van der Waals surface area contributed by atoms with Crippen LogP contribution in [0.5, 0.6) is 0 Å². The molecule has 7 heteroatoms. The van der Waals surface area contributed by atoms with Gasteiger partial charge in [-0.15, -0.1) is 0 Å². The second-order valence-electron chi connectivity index (χ2n) is 8.42. The van der Waals surface area contributed by atoms with E-state index >= 15 is 0 Å². The van der Waals surface area contributed by atoms with Crippen LogP contribution in [0.4, 0.5) is 5.82 Å². The molecule has 1 aliphatic rings. The fourth-order valence-electron chi connectivity index (χ4n) is 3.97. The first-order valence-corrected chi connectivity index (χ1v) is 11.8. The van der Waals surface area contributed by atoms with Gasteiger partial charge in [-0.3, -0.25) is 9.88 Å². The summed E-state index contributed by atoms with van der Waals surface area (Å²) in [4.78, 5) is 17.0. The largest absolute Gasteiger partial charge is 0.353 e. The Labute approximate surface area is 200 Å². The lowest BCUT2D eigenvalue weighted by Crippen LogP contribution is -2.47. The summed E-state index contributed by atoms with van der Waals surface area (Å²) < 4.78 is 0. The molecule has 1 aliphatic heterocycles. The monoisotopic (exact) mass is 469 g/mol. The predicted molar refractivity (Wildman–Crippen MR) is 135 cm³/mol. The van der Waals surface area contributed by atoms with Crippen LogP contribution in [-0.2, 0) is 0 Å². The predicted octanol–water partition coefficient (Wildman–Crippen LogP) is 5.19. The highest BCUT2D eigenvalue weighted by Gasteiger charge is 2.20. The fourth-order valence-corrected chi connectivity index (χ4v) is 4.22. The summed E-state index contributed by atoms with van der Waals surface area (Å²) in [6.07, 6.45) is 3.09. The van der Waals surface area contributed by atoms with Crippen LogP contribution in [0.1, 0.15) is 6.42 Å². The molecule has 1 saturated heterocycles. The van der Waals surface area contributed by atoms with Crippen LogP contribution in [0, 0.1) is 0 Å². The van der Waals surface area contributed by atoms with Gasteiger partial charge < -0.3 is 9.80 Å². The van der Waals surface area contributed by atoms with E-state index in [1.165, 1.54) is 6.42 Å². The number of piperazine rings is 1. The molecule has 0 saturated carbocycles. The molecule has 5 nitrogen and oxygen atoms in total. The molecular weight excluding hydrogens is 441 g/mol. The summed E-state index contributed by atoms with van der Waals surface area (Å²) in [7, 11) is 4.26. The zero-order valence-corrected chi connectivity index (χ0v) is 20.1. The Morgan fingerprint density at radius 1 is 0.812 bits per heavy atom. The van der Waals surface area contributed by atoms with Gasteiger partial charge in [-0.05, 0) is 57.9 Å². The molecule has 2 aromatic carbocycles. The highest BCUT2D eigenvalue weighted by atomic mass is 35.5. The van der Waals surface area contributed by atoms with Gasteiger partial charge in [0.25, 0.3) is 0 Å². The van der Waals surface area contributed by atoms with Gasteiger partial charge in [0.2, 0.25) is 0 Å². The number of nitrogens with zero attached hydrogens (tertiary/aromatic N) is 5. The first-order chi connectivity index (χ1) is 15.5. The van der Waals surface area contributed by atoms with Crippen molar-refractivity contribution in [2.45, 2.75) is 6.42 Å². The van der Waals surface area contributed by atoms with E-state index in [2.05, 4.69) is 28.8 Å². The maximum Gasteiger partial charge on any atom is 0.147 e. The molecule has 0 amide bonds. The summed E-state index contributed by atoms with van der Waals surface area (Å²) in [5.41, 5.74) is 3.69. The van der Waals surface area contributed by atoms with E-state index in [4.69, 9.17) is 33.2 Å². The standard InChI is InChI=1S/C25H29Cl2N5/c1-30(2)12-3-13-31-14-16-32(17-15-31)23-18-28-24(19-4-8-21(26)9-5-19)25(29-23)20-6-10-22(27)11-7-20/h4-11,18H,3,12-17H2,1-2H3. The topological polar surface area (TPSA) is 35.5 Å². The molecule has 1 aromatic heterocycles. The zero-order valence-electron chi connectivity index (χ0n) is 18.6. The highest BCUT2D eigenvalue weighted by Crippen LogP contribution is 2.32. The van der Waals surface area contributed by atoms with E-state index in [0.29, 0.717) is 10.0 Å². The van der Waals surface area contributed by atoms with E-state index in [0.717, 1.165) is 67.6 Å². The van der Waals surface area contributed by atoms with Crippen molar-refractivity contribution < 1.29 is 0 Å². The van der Waals surface area contributed by atoms with Crippen molar-refractivity contribution in [2.75, 3.05) is 58.3 Å². The van der Waals surface area contributed by atoms with Gasteiger partial charge in [0.1, 0.15) is 5.82 Å². The molecule has 1 fully saturated rings. The van der Waals surface area contributed by atoms with Gasteiger partial charge in [0, 0.05) is 47.4 Å². The first-order valence-electron chi connectivity index (χ1n) is 11.0. The van der Waals surface area contributed by atoms with Gasteiger partial charge in [0.15, 0.2) is 0 Å². The van der Waals surface area contributed by atoms with E-state index in [1.807, 2.05) is 54.7 Å². The highest BCUT2D eigenvalue weighted by molar-refractivity contribution is 6.31. The van der Waals surface area contributed by atoms with Crippen molar-refractivity contribution in [3.63, 3.8) is 0 Å². The maximum atomic E-state index is 6.13. The third kappa shape index (κ3) is 5.78. The van der Waals surface area contributed by atoms with E-state index < -0.39 is 0 Å². The third-order valence-corrected chi connectivity index (χ3v) is 6.28. The molecule has 0 atom stereocenters. The second kappa shape index (κ2) is 10.6. The average molecular weight is 470 g/mol. The van der Waals surface area contributed by atoms with Crippen LogP contribution in [-0.4, -0.2) is 73.1 Å². The van der Waals surface area contributed by atoms with Gasteiger partial charge in [-0.25, -0.2) is 4.98 Å². The number of benzene rings is 2. The van der Waals surface area contributed by atoms with Crippen molar-refractivity contribution >= 4 is 29.0 Å². The van der Waals surface area contributed by atoms with Crippen molar-refractivity contribution in [2.24, 2.45) is 0 Å². The lowest BCUT2D eigenvalue weighted by molar-refractivity contribution is 0.242. The first kappa shape index (κ1) is 23.0. The average Bonchev–Trinajstić information content (AvgIpc) is 2.80. The summed E-state index contributed by atoms with van der Waals surface area (Å²) >= 11 is 12.2. The molecule has 0 bridgehead atoms. The van der Waals surface area contributed by atoms with Crippen LogP contribution in [0.3, 0.4) is 0 Å². The maximum absolute atomic E-state index is 6.13. The molecule has 0 radical (unpaired) electrons. The summed E-state index contributed by atoms with van der Waals surface area (Å²) in [6.45, 7) is 6.27. The Hall–Kier alpha value is -2.18. The van der Waals surface area contributed by atoms with Crippen LogP contribution < -0.4 is 4.90 Å². The number of halogens is 2. The Bertz CT molecular complexity index is 1010. The number of rotatable bonds is 7. The number of anilines is 1. The smallest absolute Gasteiger partial charge is 0.147 e. The minimum Gasteiger partial charge on any atom is -0.353 e. The van der Waals surface area contributed by atoms with Gasteiger partial charge in [-0.1, -0.05) is 47.5 Å². The van der Waals surface area contributed by atoms with E-state index in [1.54, 1.807) is 0 Å². The lowest BCUT2D eigenvalue weighted by Gasteiger charge is -2.35. The van der Waals surface area contributed by atoms with Crippen molar-refractivity contribution in [3.8, 4) is 22.5 Å². The van der Waals surface area contributed by atoms with Gasteiger partial charge >= 0.3 is 0 Å². The Morgan fingerprint density at radius 2 is 1.38 bits per heavy atom. The normalized spacial score (nSPS) is 14.8. The molecule has 0 N–H and O–H groups in total. The molecule has 0 spiro atoms. The van der Waals surface area contributed by atoms with Crippen LogP contribution in [0.25, 0.3) is 22.5 Å². The Kier molecular flexibility index (Phi) is 7.63. The van der Waals surface area contributed by atoms with E-state index in [-0.39, 0.29) is 0 Å². The molecule has 2 heterocycles. The van der Waals surface area contributed by atoms with Gasteiger partial charge in [0.05, 0.1) is 17.6 Å². The number of hydrogen-bond acceptors (Lipinski definition) is 5. The minimum absolute atomic E-state index is 0.704. The van der Waals surface area contributed by atoms with Crippen LogP contribution >= 0.6 is 23.2 Å². The Balaban J connectivity index is 1.56. The summed E-state index contributed by atoms with van der Waals surface area (Å²) in [6, 6.07) is 15.5. The molecule has 168 valence electrons. The molecular formula is C25H29Cl2N5. The number of hydrogen-bond donors (Lipinski definition) is 0. The van der Waals surface area contributed by atoms with Crippen molar-refractivity contribution in [1.29, 1.82) is 0 Å². The summed E-state index contributed by atoms with van der Waals surface area (Å²) in [5.74, 6) is 0.917. The molecule has 0 unspecified atom stereocenters. The lowest BCUT2D eigenvalue weighted by atomic mass is 10.0. The second-order valence-corrected chi connectivity index (χ2v) is 9.30. The van der Waals surface area contributed by atoms with Crippen molar-refractivity contribution in [1.82, 2.24) is 19.8 Å². The Morgan fingerprint density at radius 3 is 1.94 bits per heavy atom. The molecule has 32 heavy (non-hydrogen) atoms. The molecule has 0 aliphatic carbocycles. The third-order valence-electron chi connectivity index (χ3n) is 5.77. The van der Waals surface area contributed by atoms with Crippen LogP contribution in [0.2, 0.25) is 10.0 Å². The quantitative estimate of drug-likeness (QED) is 0.475. The molecule has 3 aromatic rings. The summed E-state index contributed by atoms with van der Waals surface area (Å²) in [5, 5.41) is 1.41. The van der Waals surface area contributed by atoms with Gasteiger partial charge in [-0.2, -0.15) is 0 Å². The van der Waals surface area contributed by atoms with E-state index in [9.17, 15) is 0 Å². The number of aromatic nitrogens is 2. The molecule has 4 rings (SSSR count).